The van der Waals surface area contributed by atoms with Gasteiger partial charge in [-0.2, -0.15) is 0 Å². The minimum absolute atomic E-state index is 0.0487. The summed E-state index contributed by atoms with van der Waals surface area (Å²) in [6.45, 7) is 4.09. The van der Waals surface area contributed by atoms with Gasteiger partial charge < -0.3 is 11.1 Å². The number of carbonyl (C=O) groups is 1. The molecule has 2 atom stereocenters. The average Bonchev–Trinajstić information content (AvgIpc) is 2.86. The normalized spacial score (nSPS) is 21.3. The number of benzene rings is 1. The summed E-state index contributed by atoms with van der Waals surface area (Å²) >= 11 is 0. The molecule has 2 unspecified atom stereocenters. The van der Waals surface area contributed by atoms with E-state index in [1.165, 1.54) is 0 Å². The summed E-state index contributed by atoms with van der Waals surface area (Å²) in [7, 11) is 0. The minimum Gasteiger partial charge on any atom is -0.348 e. The lowest BCUT2D eigenvalue weighted by atomic mass is 10.1. The molecule has 1 amide bonds. The summed E-state index contributed by atoms with van der Waals surface area (Å²) in [5, 5.41) is 3.05. The third kappa shape index (κ3) is 3.78. The Morgan fingerprint density at radius 1 is 1.47 bits per heavy atom. The van der Waals surface area contributed by atoms with Crippen LogP contribution < -0.4 is 11.1 Å². The van der Waals surface area contributed by atoms with E-state index in [0.29, 0.717) is 19.1 Å². The first-order valence-corrected chi connectivity index (χ1v) is 6.99. The maximum atomic E-state index is 12.1. The van der Waals surface area contributed by atoms with Crippen LogP contribution in [0.5, 0.6) is 0 Å². The molecule has 1 fully saturated rings. The van der Waals surface area contributed by atoms with Crippen molar-refractivity contribution >= 4 is 5.91 Å². The van der Waals surface area contributed by atoms with Gasteiger partial charge in [0.05, 0.1) is 12.6 Å². The van der Waals surface area contributed by atoms with Gasteiger partial charge in [0.1, 0.15) is 0 Å². The Bertz CT molecular complexity index is 407. The third-order valence-corrected chi connectivity index (χ3v) is 3.79. The van der Waals surface area contributed by atoms with E-state index in [0.717, 1.165) is 24.9 Å². The van der Waals surface area contributed by atoms with Gasteiger partial charge in [0.2, 0.25) is 5.91 Å². The highest BCUT2D eigenvalue weighted by atomic mass is 16.2. The molecule has 0 saturated carbocycles. The number of hydrogen-bond acceptors (Lipinski definition) is 3. The van der Waals surface area contributed by atoms with E-state index in [-0.39, 0.29) is 11.9 Å². The second-order valence-electron chi connectivity index (χ2n) is 5.20. The van der Waals surface area contributed by atoms with Crippen LogP contribution in [0.2, 0.25) is 0 Å². The van der Waals surface area contributed by atoms with Crippen LogP contribution in [0.25, 0.3) is 0 Å². The molecular formula is C15H23N3O. The zero-order valence-electron chi connectivity index (χ0n) is 11.5. The number of rotatable bonds is 5. The molecule has 0 aromatic heterocycles. The van der Waals surface area contributed by atoms with Gasteiger partial charge in [-0.1, -0.05) is 30.3 Å². The van der Waals surface area contributed by atoms with Crippen LogP contribution in [0.15, 0.2) is 30.3 Å². The van der Waals surface area contributed by atoms with Gasteiger partial charge in [-0.25, -0.2) is 0 Å². The van der Waals surface area contributed by atoms with Crippen LogP contribution in [-0.4, -0.2) is 36.5 Å². The second-order valence-corrected chi connectivity index (χ2v) is 5.20. The van der Waals surface area contributed by atoms with Crippen LogP contribution in [0.3, 0.4) is 0 Å². The van der Waals surface area contributed by atoms with Gasteiger partial charge in [-0.05, 0) is 31.9 Å². The Hall–Kier alpha value is -1.39. The van der Waals surface area contributed by atoms with E-state index in [1.54, 1.807) is 0 Å². The molecule has 1 heterocycles. The number of carbonyl (C=O) groups excluding carboxylic acids is 1. The number of nitrogens with two attached hydrogens (primary N) is 1. The summed E-state index contributed by atoms with van der Waals surface area (Å²) in [4.78, 5) is 14.2. The highest BCUT2D eigenvalue weighted by molar-refractivity contribution is 5.78. The summed E-state index contributed by atoms with van der Waals surface area (Å²) in [5.74, 6) is 0.0803. The van der Waals surface area contributed by atoms with E-state index in [1.807, 2.05) is 37.3 Å². The lowest BCUT2D eigenvalue weighted by Crippen LogP contribution is -2.43. The van der Waals surface area contributed by atoms with Gasteiger partial charge in [-0.15, -0.1) is 0 Å². The zero-order valence-corrected chi connectivity index (χ0v) is 11.5. The van der Waals surface area contributed by atoms with Crippen LogP contribution >= 0.6 is 0 Å². The largest absolute Gasteiger partial charge is 0.348 e. The van der Waals surface area contributed by atoms with E-state index in [4.69, 9.17) is 5.73 Å². The first-order chi connectivity index (χ1) is 9.20. The van der Waals surface area contributed by atoms with Gasteiger partial charge >= 0.3 is 0 Å². The number of hydrogen-bond donors (Lipinski definition) is 2. The molecule has 0 aliphatic carbocycles. The van der Waals surface area contributed by atoms with Crippen molar-refractivity contribution in [2.24, 2.45) is 5.73 Å². The SMILES string of the molecule is CC(NC(=O)CN1CCCC1CN)c1ccccc1. The molecular weight excluding hydrogens is 238 g/mol. The molecule has 1 saturated heterocycles. The molecule has 2 rings (SSSR count). The minimum atomic E-state index is 0.0487. The second kappa shape index (κ2) is 6.68. The van der Waals surface area contributed by atoms with Gasteiger partial charge in [0.15, 0.2) is 0 Å². The zero-order chi connectivity index (χ0) is 13.7. The molecule has 0 radical (unpaired) electrons. The molecule has 19 heavy (non-hydrogen) atoms. The Kier molecular flexibility index (Phi) is 4.93. The summed E-state index contributed by atoms with van der Waals surface area (Å²) in [6.07, 6.45) is 2.25. The smallest absolute Gasteiger partial charge is 0.234 e. The fourth-order valence-corrected chi connectivity index (χ4v) is 2.67. The van der Waals surface area contributed by atoms with Crippen LogP contribution in [0.4, 0.5) is 0 Å². The Morgan fingerprint density at radius 3 is 2.89 bits per heavy atom. The number of likely N-dealkylation sites (tertiary alicyclic amines) is 1. The highest BCUT2D eigenvalue weighted by Gasteiger charge is 2.25. The molecule has 0 bridgehead atoms. The van der Waals surface area contributed by atoms with Crippen molar-refractivity contribution in [1.29, 1.82) is 0 Å². The lowest BCUT2D eigenvalue weighted by molar-refractivity contribution is -0.123. The highest BCUT2D eigenvalue weighted by Crippen LogP contribution is 2.16. The monoisotopic (exact) mass is 261 g/mol. The maximum Gasteiger partial charge on any atom is 0.234 e. The predicted octanol–water partition coefficient (Wildman–Crippen LogP) is 1.29. The maximum absolute atomic E-state index is 12.1. The van der Waals surface area contributed by atoms with Crippen LogP contribution in [0.1, 0.15) is 31.4 Å². The Labute approximate surface area is 115 Å². The number of nitrogens with zero attached hydrogens (tertiary/aromatic N) is 1. The van der Waals surface area contributed by atoms with Crippen molar-refractivity contribution in [2.45, 2.75) is 31.8 Å². The average molecular weight is 261 g/mol. The van der Waals surface area contributed by atoms with Crippen molar-refractivity contribution < 1.29 is 4.79 Å². The molecule has 0 spiro atoms. The van der Waals surface area contributed by atoms with E-state index in [9.17, 15) is 4.79 Å². The molecule has 3 N–H and O–H groups in total. The first kappa shape index (κ1) is 14.0. The van der Waals surface area contributed by atoms with Gasteiger partial charge in [-0.3, -0.25) is 9.69 Å². The van der Waals surface area contributed by atoms with Crippen LogP contribution in [0, 0.1) is 0 Å². The fraction of sp³-hybridized carbons (Fsp3) is 0.533. The van der Waals surface area contributed by atoms with Crippen molar-refractivity contribution in [2.75, 3.05) is 19.6 Å². The first-order valence-electron chi connectivity index (χ1n) is 6.99. The summed E-state index contributed by atoms with van der Waals surface area (Å²) < 4.78 is 0. The van der Waals surface area contributed by atoms with Crippen molar-refractivity contribution in [3.05, 3.63) is 35.9 Å². The molecule has 1 aliphatic heterocycles. The Morgan fingerprint density at radius 2 is 2.21 bits per heavy atom. The van der Waals surface area contributed by atoms with Crippen LogP contribution in [-0.2, 0) is 4.79 Å². The van der Waals surface area contributed by atoms with Gasteiger partial charge in [0, 0.05) is 12.6 Å². The van der Waals surface area contributed by atoms with Gasteiger partial charge in [0.25, 0.3) is 0 Å². The number of nitrogens with one attached hydrogen (secondary N) is 1. The topological polar surface area (TPSA) is 58.4 Å². The quantitative estimate of drug-likeness (QED) is 0.839. The third-order valence-electron chi connectivity index (χ3n) is 3.79. The van der Waals surface area contributed by atoms with Crippen molar-refractivity contribution in [1.82, 2.24) is 10.2 Å². The molecule has 4 heteroatoms. The van der Waals surface area contributed by atoms with Crippen molar-refractivity contribution in [3.63, 3.8) is 0 Å². The van der Waals surface area contributed by atoms with E-state index < -0.39 is 0 Å². The predicted molar refractivity (Wildman–Crippen MR) is 76.6 cm³/mol. The molecule has 1 aliphatic rings. The summed E-state index contributed by atoms with van der Waals surface area (Å²) in [5.41, 5.74) is 6.85. The van der Waals surface area contributed by atoms with E-state index in [2.05, 4.69) is 10.2 Å². The van der Waals surface area contributed by atoms with E-state index >= 15 is 0 Å². The molecule has 104 valence electrons. The lowest BCUT2D eigenvalue weighted by Gasteiger charge is -2.23. The molecule has 1 aromatic rings. The molecule has 4 nitrogen and oxygen atoms in total. The standard InChI is InChI=1S/C15H23N3O/c1-12(13-6-3-2-4-7-13)17-15(19)11-18-9-5-8-14(18)10-16/h2-4,6-7,12,14H,5,8-11,16H2,1H3,(H,17,19). The number of amides is 1. The van der Waals surface area contributed by atoms with Crippen molar-refractivity contribution in [3.8, 4) is 0 Å². The Balaban J connectivity index is 1.84. The fourth-order valence-electron chi connectivity index (χ4n) is 2.67. The molecule has 1 aromatic carbocycles. The summed E-state index contributed by atoms with van der Waals surface area (Å²) in [6, 6.07) is 10.4.